The average molecular weight is 442 g/mol. The Morgan fingerprint density at radius 3 is 2.16 bits per heavy atom. The van der Waals surface area contributed by atoms with Gasteiger partial charge in [0.2, 0.25) is 0 Å². The van der Waals surface area contributed by atoms with Gasteiger partial charge >= 0.3 is 0 Å². The Hall–Kier alpha value is -3.41. The van der Waals surface area contributed by atoms with Crippen LogP contribution in [0, 0.1) is 13.8 Å². The molecule has 0 fully saturated rings. The van der Waals surface area contributed by atoms with Crippen LogP contribution in [0.25, 0.3) is 32.9 Å². The molecule has 160 valence electrons. The summed E-state index contributed by atoms with van der Waals surface area (Å²) in [5, 5.41) is 12.0. The molecule has 0 aliphatic carbocycles. The topological polar surface area (TPSA) is 59.3 Å². The normalized spacial score (nSPS) is 12.0. The van der Waals surface area contributed by atoms with E-state index in [0.29, 0.717) is 11.0 Å². The van der Waals surface area contributed by atoms with Crippen LogP contribution in [0.4, 0.5) is 0 Å². The van der Waals surface area contributed by atoms with Gasteiger partial charge in [0, 0.05) is 16.3 Å². The Morgan fingerprint density at radius 1 is 0.812 bits per heavy atom. The molecule has 1 aromatic heterocycles. The van der Waals surface area contributed by atoms with E-state index in [0.717, 1.165) is 38.6 Å². The molecule has 0 saturated heterocycles. The minimum Gasteiger partial charge on any atom is -0.392 e. The maximum atomic E-state index is 14.0. The highest BCUT2D eigenvalue weighted by Crippen LogP contribution is 2.41. The molecule has 5 aromatic rings. The Kier molecular flexibility index (Phi) is 4.88. The first-order valence-corrected chi connectivity index (χ1v) is 11.9. The highest BCUT2D eigenvalue weighted by Gasteiger charge is 2.27. The molecule has 4 aromatic carbocycles. The number of aliphatic hydroxyl groups excluding tert-OH is 1. The van der Waals surface area contributed by atoms with Gasteiger partial charge in [0.25, 0.3) is 10.0 Å². The van der Waals surface area contributed by atoms with Gasteiger partial charge in [-0.2, -0.15) is 0 Å². The molecule has 5 heteroatoms. The van der Waals surface area contributed by atoms with Crippen molar-refractivity contribution in [2.45, 2.75) is 25.3 Å². The van der Waals surface area contributed by atoms with Gasteiger partial charge in [0.1, 0.15) is 0 Å². The van der Waals surface area contributed by atoms with Crippen LogP contribution in [0.5, 0.6) is 0 Å². The van der Waals surface area contributed by atoms with Crippen molar-refractivity contribution in [2.24, 2.45) is 0 Å². The molecule has 0 amide bonds. The minimum absolute atomic E-state index is 0.182. The van der Waals surface area contributed by atoms with Crippen LogP contribution < -0.4 is 0 Å². The van der Waals surface area contributed by atoms with E-state index in [-0.39, 0.29) is 11.5 Å². The molecule has 1 heterocycles. The highest BCUT2D eigenvalue weighted by molar-refractivity contribution is 7.90. The first-order valence-electron chi connectivity index (χ1n) is 10.5. The van der Waals surface area contributed by atoms with Crippen LogP contribution in [0.3, 0.4) is 0 Å². The summed E-state index contributed by atoms with van der Waals surface area (Å²) in [4.78, 5) is 0.232. The molecule has 0 aliphatic heterocycles. The third kappa shape index (κ3) is 3.05. The second-order valence-electron chi connectivity index (χ2n) is 8.07. The lowest BCUT2D eigenvalue weighted by molar-refractivity contribution is 0.281. The van der Waals surface area contributed by atoms with Crippen molar-refractivity contribution in [1.82, 2.24) is 3.97 Å². The predicted octanol–water partition coefficient (Wildman–Crippen LogP) is 5.81. The van der Waals surface area contributed by atoms with E-state index in [1.165, 1.54) is 3.97 Å². The molecule has 0 spiro atoms. The molecule has 5 rings (SSSR count). The van der Waals surface area contributed by atoms with Gasteiger partial charge in [-0.3, -0.25) is 0 Å². The number of hydrogen-bond donors (Lipinski definition) is 1. The van der Waals surface area contributed by atoms with Gasteiger partial charge in [-0.05, 0) is 54.8 Å². The Bertz CT molecular complexity index is 1570. The minimum atomic E-state index is -3.90. The number of rotatable bonds is 4. The maximum Gasteiger partial charge on any atom is 0.268 e. The molecular weight excluding hydrogens is 418 g/mol. The van der Waals surface area contributed by atoms with E-state index >= 15 is 0 Å². The molecule has 0 atom stereocenters. The molecule has 32 heavy (non-hydrogen) atoms. The van der Waals surface area contributed by atoms with Crippen molar-refractivity contribution in [3.63, 3.8) is 0 Å². The number of nitrogens with zero attached hydrogens (tertiary/aromatic N) is 1. The predicted molar refractivity (Wildman–Crippen MR) is 129 cm³/mol. The van der Waals surface area contributed by atoms with E-state index in [2.05, 4.69) is 0 Å². The zero-order chi connectivity index (χ0) is 22.5. The highest BCUT2D eigenvalue weighted by atomic mass is 32.2. The van der Waals surface area contributed by atoms with Crippen LogP contribution in [0.15, 0.2) is 89.8 Å². The molecule has 0 saturated carbocycles. The summed E-state index contributed by atoms with van der Waals surface area (Å²) in [6, 6.07) is 26.1. The summed E-state index contributed by atoms with van der Waals surface area (Å²) in [6.45, 7) is 3.71. The van der Waals surface area contributed by atoms with Gasteiger partial charge in [-0.1, -0.05) is 66.2 Å². The van der Waals surface area contributed by atoms with Crippen LogP contribution in [0.1, 0.15) is 16.7 Å². The fourth-order valence-electron chi connectivity index (χ4n) is 4.45. The lowest BCUT2D eigenvalue weighted by Gasteiger charge is -2.17. The number of aryl methyl sites for hydroxylation is 2. The van der Waals surface area contributed by atoms with Crippen LogP contribution in [-0.4, -0.2) is 17.5 Å². The smallest absolute Gasteiger partial charge is 0.268 e. The fraction of sp³-hybridized carbons (Fsp3) is 0.111. The van der Waals surface area contributed by atoms with E-state index in [1.807, 2.05) is 86.6 Å². The summed E-state index contributed by atoms with van der Waals surface area (Å²) in [5.41, 5.74) is 5.47. The Morgan fingerprint density at radius 2 is 1.47 bits per heavy atom. The molecule has 0 unspecified atom stereocenters. The Labute approximate surface area is 187 Å². The summed E-state index contributed by atoms with van der Waals surface area (Å²) >= 11 is 0. The number of benzene rings is 4. The van der Waals surface area contributed by atoms with Gasteiger partial charge in [0.15, 0.2) is 0 Å². The zero-order valence-electron chi connectivity index (χ0n) is 17.9. The quantitative estimate of drug-likeness (QED) is 0.383. The largest absolute Gasteiger partial charge is 0.392 e. The van der Waals surface area contributed by atoms with Gasteiger partial charge in [-0.15, -0.1) is 0 Å². The summed E-state index contributed by atoms with van der Waals surface area (Å²) in [7, 11) is -3.90. The molecular formula is C27H23NO3S. The van der Waals surface area contributed by atoms with Crippen molar-refractivity contribution in [3.8, 4) is 11.1 Å². The van der Waals surface area contributed by atoms with Crippen LogP contribution in [0.2, 0.25) is 0 Å². The van der Waals surface area contributed by atoms with Crippen molar-refractivity contribution in [3.05, 3.63) is 102 Å². The lowest BCUT2D eigenvalue weighted by Crippen LogP contribution is -2.14. The lowest BCUT2D eigenvalue weighted by atomic mass is 9.93. The maximum absolute atomic E-state index is 14.0. The van der Waals surface area contributed by atoms with Crippen molar-refractivity contribution >= 4 is 31.8 Å². The van der Waals surface area contributed by atoms with E-state index in [9.17, 15) is 13.5 Å². The van der Waals surface area contributed by atoms with Crippen molar-refractivity contribution < 1.29 is 13.5 Å². The van der Waals surface area contributed by atoms with Crippen LogP contribution in [-0.2, 0) is 16.6 Å². The van der Waals surface area contributed by atoms with E-state index < -0.39 is 10.0 Å². The Balaban J connectivity index is 2.02. The van der Waals surface area contributed by atoms with E-state index in [1.54, 1.807) is 12.1 Å². The van der Waals surface area contributed by atoms with Gasteiger partial charge in [0.05, 0.1) is 22.5 Å². The number of para-hydroxylation sites is 1. The number of hydrogen-bond acceptors (Lipinski definition) is 3. The zero-order valence-corrected chi connectivity index (χ0v) is 18.7. The third-order valence-corrected chi connectivity index (χ3v) is 7.75. The number of aliphatic hydroxyl groups is 1. The molecule has 0 aliphatic rings. The molecule has 4 nitrogen and oxygen atoms in total. The molecule has 0 radical (unpaired) electrons. The van der Waals surface area contributed by atoms with Gasteiger partial charge < -0.3 is 5.11 Å². The van der Waals surface area contributed by atoms with Crippen molar-refractivity contribution in [2.75, 3.05) is 0 Å². The van der Waals surface area contributed by atoms with E-state index in [4.69, 9.17) is 0 Å². The van der Waals surface area contributed by atoms with Crippen LogP contribution >= 0.6 is 0 Å². The molecule has 1 N–H and O–H groups in total. The van der Waals surface area contributed by atoms with Gasteiger partial charge in [-0.25, -0.2) is 12.4 Å². The second-order valence-corrected chi connectivity index (χ2v) is 9.85. The summed E-state index contributed by atoms with van der Waals surface area (Å²) in [5.74, 6) is 0. The first-order chi connectivity index (χ1) is 15.4. The fourth-order valence-corrected chi connectivity index (χ4v) is 5.99. The third-order valence-electron chi connectivity index (χ3n) is 6.03. The SMILES string of the molecule is Cc1ccc(S(=O)(=O)n2c3ccccc3c3cc(C)c(CO)c(-c4ccccc4)c32)cc1. The standard InChI is InChI=1S/C27H23NO3S/c1-18-12-14-21(15-13-18)32(30,31)28-25-11-7-6-10-22(25)23-16-19(2)24(17-29)26(27(23)28)20-8-4-3-5-9-20/h3-16,29H,17H2,1-2H3. The number of fused-ring (bicyclic) bond motifs is 3. The monoisotopic (exact) mass is 441 g/mol. The summed E-state index contributed by atoms with van der Waals surface area (Å²) in [6.07, 6.45) is 0. The second kappa shape index (κ2) is 7.62. The molecule has 0 bridgehead atoms. The van der Waals surface area contributed by atoms with Crippen molar-refractivity contribution in [1.29, 1.82) is 0 Å². The number of aromatic nitrogens is 1. The summed E-state index contributed by atoms with van der Waals surface area (Å²) < 4.78 is 29.5. The first kappa shape index (κ1) is 20.5. The average Bonchev–Trinajstić information content (AvgIpc) is 3.13.